The van der Waals surface area contributed by atoms with Gasteiger partial charge in [0.1, 0.15) is 0 Å². The van der Waals surface area contributed by atoms with E-state index in [-0.39, 0.29) is 0 Å². The van der Waals surface area contributed by atoms with Gasteiger partial charge in [0.2, 0.25) is 0 Å². The summed E-state index contributed by atoms with van der Waals surface area (Å²) >= 11 is 0. The van der Waals surface area contributed by atoms with Crippen LogP contribution in [0.4, 0.5) is 0 Å². The molecule has 0 radical (unpaired) electrons. The highest BCUT2D eigenvalue weighted by Crippen LogP contribution is 2.38. The van der Waals surface area contributed by atoms with E-state index in [1.54, 1.807) is 0 Å². The molecule has 0 amide bonds. The van der Waals surface area contributed by atoms with Crippen molar-refractivity contribution in [3.63, 3.8) is 0 Å². The van der Waals surface area contributed by atoms with Gasteiger partial charge in [-0.1, -0.05) is 146 Å². The maximum absolute atomic E-state index is 2.27. The molecule has 0 unspecified atom stereocenters. The molecule has 9 aromatic rings. The van der Waals surface area contributed by atoms with Crippen molar-refractivity contribution in [3.8, 4) is 0 Å². The molecule has 0 heteroatoms. The molecule has 0 fully saturated rings. The van der Waals surface area contributed by atoms with Crippen molar-refractivity contribution in [1.29, 1.82) is 0 Å². The summed E-state index contributed by atoms with van der Waals surface area (Å²) in [6, 6.07) is 52.5. The van der Waals surface area contributed by atoms with Crippen molar-refractivity contribution in [2.75, 3.05) is 0 Å². The van der Waals surface area contributed by atoms with Crippen molar-refractivity contribution < 1.29 is 0 Å². The molecule has 0 aliphatic rings. The van der Waals surface area contributed by atoms with Gasteiger partial charge in [-0.25, -0.2) is 0 Å². The van der Waals surface area contributed by atoms with Gasteiger partial charge in [0.05, 0.1) is 0 Å². The van der Waals surface area contributed by atoms with E-state index in [9.17, 15) is 0 Å². The molecular formula is C38H24. The van der Waals surface area contributed by atoms with Crippen molar-refractivity contribution in [3.05, 3.63) is 146 Å². The van der Waals surface area contributed by atoms with Gasteiger partial charge in [-0.3, -0.25) is 0 Å². The summed E-state index contributed by atoms with van der Waals surface area (Å²) in [6.45, 7) is 0. The molecule has 0 atom stereocenters. The van der Waals surface area contributed by atoms with Gasteiger partial charge in [0.25, 0.3) is 0 Å². The Morgan fingerprint density at radius 2 is 0.526 bits per heavy atom. The Hall–Kier alpha value is -4.94. The standard InChI is InChI=1S/C22H14.C16H10/c1-2-8-16-15(7-1)13-14-21-19-11-4-3-9-17(19)18-10-5-6-12-20(18)22(16)21;1-3-11-7-9-13-5-2-6-14-10-8-12(4-1)15(11)16(13)14/h1-14H;1-10H. The zero-order chi connectivity index (χ0) is 25.1. The van der Waals surface area contributed by atoms with E-state index < -0.39 is 0 Å². The zero-order valence-corrected chi connectivity index (χ0v) is 20.9. The van der Waals surface area contributed by atoms with Crippen LogP contribution in [0.2, 0.25) is 0 Å². The number of hydrogen-bond donors (Lipinski definition) is 0. The Labute approximate surface area is 220 Å². The van der Waals surface area contributed by atoms with Crippen LogP contribution in [-0.2, 0) is 0 Å². The van der Waals surface area contributed by atoms with Crippen LogP contribution in [0.3, 0.4) is 0 Å². The number of fused-ring (bicyclic) bond motifs is 8. The van der Waals surface area contributed by atoms with Gasteiger partial charge >= 0.3 is 0 Å². The first-order valence-corrected chi connectivity index (χ1v) is 13.2. The van der Waals surface area contributed by atoms with Gasteiger partial charge in [-0.2, -0.15) is 0 Å². The van der Waals surface area contributed by atoms with E-state index >= 15 is 0 Å². The first kappa shape index (κ1) is 21.2. The lowest BCUT2D eigenvalue weighted by Gasteiger charge is -2.12. The summed E-state index contributed by atoms with van der Waals surface area (Å²) in [5.74, 6) is 0. The molecule has 0 saturated carbocycles. The first-order valence-electron chi connectivity index (χ1n) is 13.2. The molecule has 0 aliphatic carbocycles. The lowest BCUT2D eigenvalue weighted by molar-refractivity contribution is 1.78. The highest BCUT2D eigenvalue weighted by molar-refractivity contribution is 6.31. The molecule has 0 spiro atoms. The second-order valence-corrected chi connectivity index (χ2v) is 10.1. The molecule has 0 N–H and O–H groups in total. The van der Waals surface area contributed by atoms with Crippen LogP contribution in [0.5, 0.6) is 0 Å². The normalized spacial score (nSPS) is 11.7. The lowest BCUT2D eigenvalue weighted by Crippen LogP contribution is -1.84. The SMILES string of the molecule is c1cc2ccc3cccc4ccc(c1)c2c34.c1ccc2c(c1)ccc1c3ccccc3c3ccccc3c21. The van der Waals surface area contributed by atoms with Gasteiger partial charge in [-0.05, 0) is 75.4 Å². The van der Waals surface area contributed by atoms with Gasteiger partial charge in [0.15, 0.2) is 0 Å². The second-order valence-electron chi connectivity index (χ2n) is 10.1. The molecule has 9 aromatic carbocycles. The largest absolute Gasteiger partial charge is 0.0616 e. The Morgan fingerprint density at radius 1 is 0.184 bits per heavy atom. The van der Waals surface area contributed by atoms with E-state index in [0.717, 1.165) is 0 Å². The van der Waals surface area contributed by atoms with Crippen LogP contribution in [0, 0.1) is 0 Å². The van der Waals surface area contributed by atoms with Gasteiger partial charge < -0.3 is 0 Å². The summed E-state index contributed by atoms with van der Waals surface area (Å²) in [5.41, 5.74) is 0. The summed E-state index contributed by atoms with van der Waals surface area (Å²) in [7, 11) is 0. The van der Waals surface area contributed by atoms with Crippen LogP contribution >= 0.6 is 0 Å². The second kappa shape index (κ2) is 8.30. The molecule has 0 heterocycles. The quantitative estimate of drug-likeness (QED) is 0.189. The van der Waals surface area contributed by atoms with E-state index in [4.69, 9.17) is 0 Å². The Kier molecular flexibility index (Phi) is 4.62. The van der Waals surface area contributed by atoms with Crippen LogP contribution in [0.15, 0.2) is 146 Å². The molecule has 9 rings (SSSR count). The minimum Gasteiger partial charge on any atom is -0.0616 e. The van der Waals surface area contributed by atoms with Gasteiger partial charge in [-0.15, -0.1) is 0 Å². The Balaban J connectivity index is 0.000000124. The fourth-order valence-electron chi connectivity index (χ4n) is 6.34. The highest BCUT2D eigenvalue weighted by atomic mass is 14.1. The van der Waals surface area contributed by atoms with E-state index in [1.165, 1.54) is 75.4 Å². The summed E-state index contributed by atoms with van der Waals surface area (Å²) in [5, 5.41) is 18.8. The smallest absolute Gasteiger partial charge is 0.00204 e. The minimum atomic E-state index is 1.30. The average molecular weight is 481 g/mol. The maximum atomic E-state index is 2.27. The monoisotopic (exact) mass is 480 g/mol. The van der Waals surface area contributed by atoms with Crippen molar-refractivity contribution in [1.82, 2.24) is 0 Å². The molecule has 0 bridgehead atoms. The van der Waals surface area contributed by atoms with Crippen LogP contribution in [-0.4, -0.2) is 0 Å². The van der Waals surface area contributed by atoms with E-state index in [1.807, 2.05) is 0 Å². The summed E-state index contributed by atoms with van der Waals surface area (Å²) in [6.07, 6.45) is 0. The molecule has 0 aliphatic heterocycles. The maximum Gasteiger partial charge on any atom is -0.00204 e. The Bertz CT molecular complexity index is 2110. The van der Waals surface area contributed by atoms with Crippen LogP contribution in [0.1, 0.15) is 0 Å². The third-order valence-electron chi connectivity index (χ3n) is 8.03. The lowest BCUT2D eigenvalue weighted by atomic mass is 9.91. The van der Waals surface area contributed by atoms with E-state index in [2.05, 4.69) is 146 Å². The van der Waals surface area contributed by atoms with Crippen molar-refractivity contribution in [2.24, 2.45) is 0 Å². The topological polar surface area (TPSA) is 0 Å². The fraction of sp³-hybridized carbons (Fsp3) is 0. The average Bonchev–Trinajstić information content (AvgIpc) is 3.00. The number of hydrogen-bond acceptors (Lipinski definition) is 0. The zero-order valence-electron chi connectivity index (χ0n) is 20.9. The van der Waals surface area contributed by atoms with Crippen molar-refractivity contribution >= 4 is 75.4 Å². The minimum absolute atomic E-state index is 1.30. The molecule has 38 heavy (non-hydrogen) atoms. The van der Waals surface area contributed by atoms with E-state index in [0.29, 0.717) is 0 Å². The first-order chi connectivity index (χ1) is 18.9. The predicted molar refractivity (Wildman–Crippen MR) is 167 cm³/mol. The van der Waals surface area contributed by atoms with Gasteiger partial charge in [0, 0.05) is 0 Å². The highest BCUT2D eigenvalue weighted by Gasteiger charge is 2.10. The molecule has 0 saturated heterocycles. The molecule has 0 aromatic heterocycles. The fourth-order valence-corrected chi connectivity index (χ4v) is 6.34. The molecule has 0 nitrogen and oxygen atoms in total. The summed E-state index contributed by atoms with van der Waals surface area (Å²) < 4.78 is 0. The van der Waals surface area contributed by atoms with Crippen LogP contribution < -0.4 is 0 Å². The van der Waals surface area contributed by atoms with Crippen LogP contribution in [0.25, 0.3) is 75.4 Å². The molecule has 176 valence electrons. The number of rotatable bonds is 0. The third kappa shape index (κ3) is 3.11. The molecular weight excluding hydrogens is 456 g/mol. The Morgan fingerprint density at radius 3 is 1.05 bits per heavy atom. The van der Waals surface area contributed by atoms with Crippen molar-refractivity contribution in [2.45, 2.75) is 0 Å². The third-order valence-corrected chi connectivity index (χ3v) is 8.03. The summed E-state index contributed by atoms with van der Waals surface area (Å²) in [4.78, 5) is 0. The number of benzene rings is 9. The predicted octanol–water partition coefficient (Wildman–Crippen LogP) is 10.9.